The van der Waals surface area contributed by atoms with Gasteiger partial charge in [0.2, 0.25) is 0 Å². The van der Waals surface area contributed by atoms with Crippen molar-refractivity contribution in [2.75, 3.05) is 31.7 Å². The van der Waals surface area contributed by atoms with Crippen molar-refractivity contribution in [2.45, 2.75) is 12.7 Å². The maximum Gasteiger partial charge on any atom is 0.158 e. The molecule has 1 fully saturated rings. The Balaban J connectivity index is 1.61. The second-order valence-electron chi connectivity index (χ2n) is 6.91. The fourth-order valence-corrected chi connectivity index (χ4v) is 5.43. The molecule has 1 atom stereocenters. The van der Waals surface area contributed by atoms with Crippen molar-refractivity contribution in [3.8, 4) is 11.1 Å². The summed E-state index contributed by atoms with van der Waals surface area (Å²) in [6.45, 7) is 2.67. The quantitative estimate of drug-likeness (QED) is 0.445. The van der Waals surface area contributed by atoms with Gasteiger partial charge in [-0.05, 0) is 17.0 Å². The number of rotatable bonds is 5. The van der Waals surface area contributed by atoms with E-state index in [0.29, 0.717) is 13.2 Å². The van der Waals surface area contributed by atoms with Crippen molar-refractivity contribution in [3.05, 3.63) is 63.9 Å². The van der Waals surface area contributed by atoms with E-state index in [1.165, 1.54) is 16.0 Å². The molecule has 29 heavy (non-hydrogen) atoms. The van der Waals surface area contributed by atoms with E-state index < -0.39 is 0 Å². The zero-order valence-electron chi connectivity index (χ0n) is 16.1. The average Bonchev–Trinajstić information content (AvgIpc) is 3.44. The summed E-state index contributed by atoms with van der Waals surface area (Å²) in [5, 5.41) is 5.41. The molecule has 0 radical (unpaired) electrons. The second-order valence-corrected chi connectivity index (χ2v) is 8.75. The fraction of sp³-hybridized carbons (Fsp3) is 0.273. The van der Waals surface area contributed by atoms with Gasteiger partial charge in [0.25, 0.3) is 0 Å². The SMILES string of the molecule is COCc1nc(N2CCOC(c3cccs3)C2)c2c(-c3ccccc3)csc2n1. The number of thiophene rings is 2. The number of anilines is 1. The highest BCUT2D eigenvalue weighted by Gasteiger charge is 2.27. The molecule has 0 amide bonds. The van der Waals surface area contributed by atoms with Gasteiger partial charge in [0.05, 0.1) is 18.5 Å². The number of nitrogens with zero attached hydrogens (tertiary/aromatic N) is 3. The lowest BCUT2D eigenvalue weighted by Crippen LogP contribution is -2.39. The summed E-state index contributed by atoms with van der Waals surface area (Å²) in [5.74, 6) is 1.70. The van der Waals surface area contributed by atoms with Gasteiger partial charge in [0.1, 0.15) is 23.4 Å². The highest BCUT2D eigenvalue weighted by molar-refractivity contribution is 7.17. The summed E-state index contributed by atoms with van der Waals surface area (Å²) in [7, 11) is 1.68. The number of methoxy groups -OCH3 is 1. The summed E-state index contributed by atoms with van der Waals surface area (Å²) < 4.78 is 11.4. The van der Waals surface area contributed by atoms with Crippen LogP contribution in [0.3, 0.4) is 0 Å². The van der Waals surface area contributed by atoms with E-state index in [2.05, 4.69) is 52.1 Å². The Morgan fingerprint density at radius 3 is 2.83 bits per heavy atom. The third kappa shape index (κ3) is 3.67. The lowest BCUT2D eigenvalue weighted by Gasteiger charge is -2.34. The summed E-state index contributed by atoms with van der Waals surface area (Å²) in [6.07, 6.45) is 0.0680. The maximum absolute atomic E-state index is 6.06. The molecule has 0 saturated carbocycles. The summed E-state index contributed by atoms with van der Waals surface area (Å²) in [5.41, 5.74) is 2.37. The van der Waals surface area contributed by atoms with E-state index in [1.54, 1.807) is 29.8 Å². The second kappa shape index (κ2) is 8.20. The van der Waals surface area contributed by atoms with Gasteiger partial charge in [0.15, 0.2) is 5.82 Å². The fourth-order valence-electron chi connectivity index (χ4n) is 3.71. The molecule has 4 aromatic rings. The Labute approximate surface area is 177 Å². The molecule has 1 aliphatic heterocycles. The third-order valence-electron chi connectivity index (χ3n) is 5.05. The Kier molecular flexibility index (Phi) is 5.28. The maximum atomic E-state index is 6.06. The Hall–Kier alpha value is -2.32. The van der Waals surface area contributed by atoms with Gasteiger partial charge < -0.3 is 14.4 Å². The minimum atomic E-state index is 0.0680. The number of hydrogen-bond acceptors (Lipinski definition) is 7. The van der Waals surface area contributed by atoms with Crippen LogP contribution >= 0.6 is 22.7 Å². The van der Waals surface area contributed by atoms with E-state index in [-0.39, 0.29) is 6.10 Å². The zero-order chi connectivity index (χ0) is 19.6. The van der Waals surface area contributed by atoms with E-state index in [4.69, 9.17) is 19.4 Å². The van der Waals surface area contributed by atoms with Crippen LogP contribution in [0.5, 0.6) is 0 Å². The third-order valence-corrected chi connectivity index (χ3v) is 6.88. The molecule has 0 aliphatic carbocycles. The Morgan fingerprint density at radius 2 is 2.03 bits per heavy atom. The number of aromatic nitrogens is 2. The summed E-state index contributed by atoms with van der Waals surface area (Å²) >= 11 is 3.40. The standard InChI is InChI=1S/C22H21N3O2S2/c1-26-13-19-23-21(25-9-10-27-17(12-25)18-8-5-11-28-18)20-16(14-29-22(20)24-19)15-6-3-2-4-7-15/h2-8,11,14,17H,9-10,12-13H2,1H3. The molecule has 1 unspecified atom stereocenters. The van der Waals surface area contributed by atoms with E-state index >= 15 is 0 Å². The number of hydrogen-bond donors (Lipinski definition) is 0. The van der Waals surface area contributed by atoms with E-state index in [9.17, 15) is 0 Å². The molecular weight excluding hydrogens is 402 g/mol. The lowest BCUT2D eigenvalue weighted by molar-refractivity contribution is 0.0419. The van der Waals surface area contributed by atoms with Crippen molar-refractivity contribution < 1.29 is 9.47 Å². The van der Waals surface area contributed by atoms with Crippen LogP contribution in [0.1, 0.15) is 16.8 Å². The molecule has 148 valence electrons. The Bertz CT molecular complexity index is 1100. The first-order valence-corrected chi connectivity index (χ1v) is 11.3. The predicted molar refractivity (Wildman–Crippen MR) is 119 cm³/mol. The van der Waals surface area contributed by atoms with Crippen LogP contribution < -0.4 is 4.90 Å². The van der Waals surface area contributed by atoms with Crippen LogP contribution in [0.15, 0.2) is 53.2 Å². The molecule has 4 heterocycles. The number of morpholine rings is 1. The first-order valence-electron chi connectivity index (χ1n) is 9.56. The Morgan fingerprint density at radius 1 is 1.14 bits per heavy atom. The molecule has 5 nitrogen and oxygen atoms in total. The van der Waals surface area contributed by atoms with Crippen molar-refractivity contribution in [3.63, 3.8) is 0 Å². The van der Waals surface area contributed by atoms with E-state index in [0.717, 1.165) is 34.9 Å². The monoisotopic (exact) mass is 423 g/mol. The van der Waals surface area contributed by atoms with E-state index in [1.807, 2.05) is 6.07 Å². The summed E-state index contributed by atoms with van der Waals surface area (Å²) in [4.78, 5) is 14.3. The molecule has 0 bridgehead atoms. The van der Waals surface area contributed by atoms with Crippen molar-refractivity contribution >= 4 is 38.7 Å². The van der Waals surface area contributed by atoms with Crippen LogP contribution in [0.4, 0.5) is 5.82 Å². The number of fused-ring (bicyclic) bond motifs is 1. The van der Waals surface area contributed by atoms with Crippen molar-refractivity contribution in [2.24, 2.45) is 0 Å². The molecule has 0 N–H and O–H groups in total. The first kappa shape index (κ1) is 18.7. The molecular formula is C22H21N3O2S2. The van der Waals surface area contributed by atoms with Crippen LogP contribution in [0.2, 0.25) is 0 Å². The molecule has 5 rings (SSSR count). The normalized spacial score (nSPS) is 17.1. The molecule has 1 saturated heterocycles. The van der Waals surface area contributed by atoms with Crippen LogP contribution in [0, 0.1) is 0 Å². The van der Waals surface area contributed by atoms with Crippen LogP contribution in [-0.2, 0) is 16.1 Å². The van der Waals surface area contributed by atoms with Gasteiger partial charge in [-0.1, -0.05) is 36.4 Å². The van der Waals surface area contributed by atoms with Gasteiger partial charge in [-0.25, -0.2) is 9.97 Å². The molecule has 0 spiro atoms. The number of benzene rings is 1. The number of ether oxygens (including phenoxy) is 2. The predicted octanol–water partition coefficient (Wildman–Crippen LogP) is 5.14. The molecule has 7 heteroatoms. The van der Waals surface area contributed by atoms with Crippen LogP contribution in [-0.4, -0.2) is 36.8 Å². The van der Waals surface area contributed by atoms with Crippen molar-refractivity contribution in [1.29, 1.82) is 0 Å². The smallest absolute Gasteiger partial charge is 0.158 e. The summed E-state index contributed by atoms with van der Waals surface area (Å²) in [6, 6.07) is 14.7. The van der Waals surface area contributed by atoms with Gasteiger partial charge in [-0.2, -0.15) is 0 Å². The first-order chi connectivity index (χ1) is 14.3. The van der Waals surface area contributed by atoms with Gasteiger partial charge >= 0.3 is 0 Å². The van der Waals surface area contributed by atoms with Crippen molar-refractivity contribution in [1.82, 2.24) is 9.97 Å². The molecule has 1 aromatic carbocycles. The highest BCUT2D eigenvalue weighted by Crippen LogP contribution is 2.39. The van der Waals surface area contributed by atoms with Gasteiger partial charge in [-0.15, -0.1) is 22.7 Å². The molecule has 1 aliphatic rings. The lowest BCUT2D eigenvalue weighted by atomic mass is 10.1. The van der Waals surface area contributed by atoms with Gasteiger partial charge in [0, 0.05) is 29.5 Å². The minimum Gasteiger partial charge on any atom is -0.377 e. The topological polar surface area (TPSA) is 47.5 Å². The minimum absolute atomic E-state index is 0.0680. The molecule has 3 aromatic heterocycles. The largest absolute Gasteiger partial charge is 0.377 e. The zero-order valence-corrected chi connectivity index (χ0v) is 17.7. The van der Waals surface area contributed by atoms with Crippen LogP contribution in [0.25, 0.3) is 21.3 Å². The highest BCUT2D eigenvalue weighted by atomic mass is 32.1. The van der Waals surface area contributed by atoms with Gasteiger partial charge in [-0.3, -0.25) is 0 Å². The average molecular weight is 424 g/mol.